The van der Waals surface area contributed by atoms with E-state index in [0.717, 1.165) is 37.4 Å². The summed E-state index contributed by atoms with van der Waals surface area (Å²) in [6.07, 6.45) is 1.74. The van der Waals surface area contributed by atoms with Gasteiger partial charge in [0.15, 0.2) is 0 Å². The van der Waals surface area contributed by atoms with Gasteiger partial charge >= 0.3 is 0 Å². The molecule has 4 heteroatoms. The fraction of sp³-hybridized carbons (Fsp3) is 0.308. The maximum absolute atomic E-state index is 9.79. The van der Waals surface area contributed by atoms with E-state index in [-0.39, 0.29) is 5.75 Å². The molecule has 0 saturated carbocycles. The Morgan fingerprint density at radius 1 is 1.18 bits per heavy atom. The van der Waals surface area contributed by atoms with Gasteiger partial charge in [-0.3, -0.25) is 4.98 Å². The number of phenolic OH excluding ortho intramolecular Hbond substituents is 1. The average molecular weight is 230 g/mol. The Hall–Kier alpha value is -1.81. The van der Waals surface area contributed by atoms with Gasteiger partial charge < -0.3 is 14.7 Å². The normalized spacial score (nSPS) is 16.4. The van der Waals surface area contributed by atoms with Crippen molar-refractivity contribution in [2.24, 2.45) is 0 Å². The number of phenols is 1. The summed E-state index contributed by atoms with van der Waals surface area (Å²) in [5.74, 6) is 0.234. The smallest absolute Gasteiger partial charge is 0.141 e. The minimum Gasteiger partial charge on any atom is -0.506 e. The predicted octanol–water partition coefficient (Wildman–Crippen LogP) is 1.78. The number of nitrogens with zero attached hydrogens (tertiary/aromatic N) is 2. The summed E-state index contributed by atoms with van der Waals surface area (Å²) >= 11 is 0. The number of aromatic nitrogens is 1. The topological polar surface area (TPSA) is 45.6 Å². The number of para-hydroxylation sites is 1. The number of hydrogen-bond donors (Lipinski definition) is 1. The van der Waals surface area contributed by atoms with E-state index in [1.54, 1.807) is 12.3 Å². The maximum Gasteiger partial charge on any atom is 0.141 e. The zero-order valence-electron chi connectivity index (χ0n) is 9.47. The molecule has 0 aliphatic carbocycles. The second-order valence-electron chi connectivity index (χ2n) is 4.10. The van der Waals surface area contributed by atoms with Crippen LogP contribution in [-0.4, -0.2) is 36.4 Å². The second kappa shape index (κ2) is 4.22. The van der Waals surface area contributed by atoms with Crippen LogP contribution in [0.1, 0.15) is 0 Å². The van der Waals surface area contributed by atoms with Gasteiger partial charge in [0.1, 0.15) is 11.3 Å². The van der Waals surface area contributed by atoms with E-state index in [0.29, 0.717) is 5.52 Å². The molecular formula is C13H14N2O2. The summed E-state index contributed by atoms with van der Waals surface area (Å²) in [6, 6.07) is 7.50. The molecule has 4 nitrogen and oxygen atoms in total. The lowest BCUT2D eigenvalue weighted by molar-refractivity contribution is 0.123. The Balaban J connectivity index is 2.12. The Labute approximate surface area is 99.5 Å². The summed E-state index contributed by atoms with van der Waals surface area (Å²) in [5.41, 5.74) is 1.78. The van der Waals surface area contributed by atoms with Crippen molar-refractivity contribution in [1.29, 1.82) is 0 Å². The Morgan fingerprint density at radius 3 is 2.82 bits per heavy atom. The lowest BCUT2D eigenvalue weighted by Gasteiger charge is -2.29. The van der Waals surface area contributed by atoms with E-state index in [1.165, 1.54) is 0 Å². The molecule has 0 bridgehead atoms. The predicted molar refractivity (Wildman–Crippen MR) is 66.4 cm³/mol. The van der Waals surface area contributed by atoms with Crippen molar-refractivity contribution in [3.63, 3.8) is 0 Å². The number of hydrogen-bond acceptors (Lipinski definition) is 4. The van der Waals surface area contributed by atoms with Crippen molar-refractivity contribution in [1.82, 2.24) is 4.98 Å². The zero-order chi connectivity index (χ0) is 11.7. The van der Waals surface area contributed by atoms with Crippen LogP contribution >= 0.6 is 0 Å². The molecule has 1 saturated heterocycles. The lowest BCUT2D eigenvalue weighted by Crippen LogP contribution is -2.36. The van der Waals surface area contributed by atoms with E-state index >= 15 is 0 Å². The molecule has 17 heavy (non-hydrogen) atoms. The molecule has 1 aliphatic heterocycles. The van der Waals surface area contributed by atoms with E-state index in [4.69, 9.17) is 4.74 Å². The first kappa shape index (κ1) is 10.4. The summed E-state index contributed by atoms with van der Waals surface area (Å²) < 4.78 is 5.35. The first-order chi connectivity index (χ1) is 8.36. The van der Waals surface area contributed by atoms with Crippen LogP contribution in [0, 0.1) is 0 Å². The van der Waals surface area contributed by atoms with Crippen molar-refractivity contribution in [2.75, 3.05) is 31.2 Å². The minimum absolute atomic E-state index is 0.234. The Morgan fingerprint density at radius 2 is 2.00 bits per heavy atom. The van der Waals surface area contributed by atoms with Crippen LogP contribution in [0.4, 0.5) is 5.69 Å². The zero-order valence-corrected chi connectivity index (χ0v) is 9.47. The summed E-state index contributed by atoms with van der Waals surface area (Å²) in [5, 5.41) is 10.8. The van der Waals surface area contributed by atoms with E-state index in [1.807, 2.05) is 18.2 Å². The van der Waals surface area contributed by atoms with Crippen LogP contribution in [0.5, 0.6) is 5.75 Å². The minimum atomic E-state index is 0.234. The number of fused-ring (bicyclic) bond motifs is 1. The molecule has 1 aromatic carbocycles. The number of pyridine rings is 1. The number of rotatable bonds is 1. The highest BCUT2D eigenvalue weighted by atomic mass is 16.5. The maximum atomic E-state index is 9.79. The van der Waals surface area contributed by atoms with E-state index in [9.17, 15) is 5.11 Å². The van der Waals surface area contributed by atoms with Crippen LogP contribution in [0.3, 0.4) is 0 Å². The van der Waals surface area contributed by atoms with Gasteiger partial charge in [-0.05, 0) is 12.1 Å². The molecule has 1 N–H and O–H groups in total. The van der Waals surface area contributed by atoms with Crippen molar-refractivity contribution in [2.45, 2.75) is 0 Å². The van der Waals surface area contributed by atoms with E-state index in [2.05, 4.69) is 9.88 Å². The molecule has 0 amide bonds. The lowest BCUT2D eigenvalue weighted by atomic mass is 10.1. The monoisotopic (exact) mass is 230 g/mol. The Kier molecular flexibility index (Phi) is 2.57. The summed E-state index contributed by atoms with van der Waals surface area (Å²) in [6.45, 7) is 3.27. The second-order valence-corrected chi connectivity index (χ2v) is 4.10. The molecule has 3 rings (SSSR count). The first-order valence-corrected chi connectivity index (χ1v) is 5.75. The molecule has 1 aromatic heterocycles. The number of aromatic hydroxyl groups is 1. The number of ether oxygens (including phenoxy) is 1. The molecule has 1 fully saturated rings. The van der Waals surface area contributed by atoms with Gasteiger partial charge in [-0.15, -0.1) is 0 Å². The van der Waals surface area contributed by atoms with Gasteiger partial charge in [0.25, 0.3) is 0 Å². The summed E-state index contributed by atoms with van der Waals surface area (Å²) in [4.78, 5) is 6.50. The van der Waals surface area contributed by atoms with Crippen LogP contribution in [0.2, 0.25) is 0 Å². The number of morpholine rings is 1. The van der Waals surface area contributed by atoms with Gasteiger partial charge in [-0.1, -0.05) is 12.1 Å². The van der Waals surface area contributed by atoms with Gasteiger partial charge in [0.2, 0.25) is 0 Å². The van der Waals surface area contributed by atoms with Crippen molar-refractivity contribution >= 4 is 16.6 Å². The standard InChI is InChI=1S/C13H14N2O2/c16-12-3-1-2-10-11(4-5-14-13(10)12)15-6-8-17-9-7-15/h1-5,16H,6-9H2. The highest BCUT2D eigenvalue weighted by Crippen LogP contribution is 2.30. The van der Waals surface area contributed by atoms with Crippen LogP contribution in [-0.2, 0) is 4.74 Å². The van der Waals surface area contributed by atoms with Gasteiger partial charge in [0, 0.05) is 30.4 Å². The highest BCUT2D eigenvalue weighted by molar-refractivity contribution is 5.94. The molecule has 2 heterocycles. The molecule has 88 valence electrons. The molecular weight excluding hydrogens is 216 g/mol. The first-order valence-electron chi connectivity index (χ1n) is 5.75. The molecule has 0 radical (unpaired) electrons. The third-order valence-electron chi connectivity index (χ3n) is 3.08. The molecule has 0 spiro atoms. The van der Waals surface area contributed by atoms with Crippen molar-refractivity contribution < 1.29 is 9.84 Å². The van der Waals surface area contributed by atoms with E-state index < -0.39 is 0 Å². The van der Waals surface area contributed by atoms with Crippen LogP contribution in [0.15, 0.2) is 30.5 Å². The fourth-order valence-corrected chi connectivity index (χ4v) is 2.23. The van der Waals surface area contributed by atoms with Crippen LogP contribution in [0.25, 0.3) is 10.9 Å². The summed E-state index contributed by atoms with van der Waals surface area (Å²) in [7, 11) is 0. The molecule has 2 aromatic rings. The van der Waals surface area contributed by atoms with Gasteiger partial charge in [-0.2, -0.15) is 0 Å². The third-order valence-corrected chi connectivity index (χ3v) is 3.08. The van der Waals surface area contributed by atoms with Gasteiger partial charge in [-0.25, -0.2) is 0 Å². The third kappa shape index (κ3) is 1.80. The molecule has 0 unspecified atom stereocenters. The Bertz CT molecular complexity index is 536. The van der Waals surface area contributed by atoms with Gasteiger partial charge in [0.05, 0.1) is 13.2 Å². The molecule has 0 atom stereocenters. The SMILES string of the molecule is Oc1cccc2c(N3CCOCC3)ccnc12. The van der Waals surface area contributed by atoms with Crippen molar-refractivity contribution in [3.8, 4) is 5.75 Å². The van der Waals surface area contributed by atoms with Crippen molar-refractivity contribution in [3.05, 3.63) is 30.5 Å². The number of benzene rings is 1. The number of anilines is 1. The highest BCUT2D eigenvalue weighted by Gasteiger charge is 2.14. The van der Waals surface area contributed by atoms with Crippen LogP contribution < -0.4 is 4.90 Å². The average Bonchev–Trinajstić information content (AvgIpc) is 2.40. The molecule has 1 aliphatic rings. The quantitative estimate of drug-likeness (QED) is 0.811. The fourth-order valence-electron chi connectivity index (χ4n) is 2.23. The largest absolute Gasteiger partial charge is 0.506 e.